The molecule has 1 heterocycles. The van der Waals surface area contributed by atoms with E-state index in [0.717, 1.165) is 29.7 Å². The largest absolute Gasteiger partial charge is 0.271 e. The second kappa shape index (κ2) is 7.53. The summed E-state index contributed by atoms with van der Waals surface area (Å²) in [6.07, 6.45) is 8.17. The molecule has 0 radical (unpaired) electrons. The van der Waals surface area contributed by atoms with Crippen LogP contribution in [0.4, 0.5) is 0 Å². The van der Waals surface area contributed by atoms with Crippen LogP contribution in [0.5, 0.6) is 0 Å². The van der Waals surface area contributed by atoms with E-state index in [1.807, 2.05) is 16.4 Å². The number of nitrogens with two attached hydrogens (primary N) is 1. The predicted octanol–water partition coefficient (Wildman–Crippen LogP) is 3.13. The summed E-state index contributed by atoms with van der Waals surface area (Å²) in [7, 11) is 0. The summed E-state index contributed by atoms with van der Waals surface area (Å²) < 4.78 is 1.97. The maximum absolute atomic E-state index is 6.26. The fraction of sp³-hybridized carbons (Fsp3) is 0.769. The van der Waals surface area contributed by atoms with Crippen LogP contribution in [0.15, 0.2) is 6.20 Å². The highest BCUT2D eigenvalue weighted by Gasteiger charge is 2.22. The molecule has 2 rings (SSSR count). The average molecular weight is 303 g/mol. The van der Waals surface area contributed by atoms with Gasteiger partial charge in [0.1, 0.15) is 0 Å². The lowest BCUT2D eigenvalue weighted by molar-refractivity contribution is 0.508. The van der Waals surface area contributed by atoms with Gasteiger partial charge in [-0.15, -0.1) is 0 Å². The van der Waals surface area contributed by atoms with Gasteiger partial charge in [0.2, 0.25) is 0 Å². The van der Waals surface area contributed by atoms with E-state index in [2.05, 4.69) is 17.4 Å². The van der Waals surface area contributed by atoms with Crippen LogP contribution in [0.25, 0.3) is 0 Å². The first-order valence-corrected chi connectivity index (χ1v) is 8.47. The van der Waals surface area contributed by atoms with Gasteiger partial charge in [0.15, 0.2) is 0 Å². The third-order valence-electron chi connectivity index (χ3n) is 3.60. The van der Waals surface area contributed by atoms with Crippen molar-refractivity contribution in [2.24, 2.45) is 5.84 Å². The van der Waals surface area contributed by atoms with Gasteiger partial charge >= 0.3 is 0 Å². The first-order chi connectivity index (χ1) is 9.26. The van der Waals surface area contributed by atoms with Crippen LogP contribution in [0, 0.1) is 0 Å². The summed E-state index contributed by atoms with van der Waals surface area (Å²) in [5.74, 6) is 6.67. The van der Waals surface area contributed by atoms with Crippen molar-refractivity contribution < 1.29 is 0 Å². The lowest BCUT2D eigenvalue weighted by Gasteiger charge is -2.19. The molecule has 0 amide bonds. The third kappa shape index (κ3) is 3.88. The van der Waals surface area contributed by atoms with Gasteiger partial charge in [0, 0.05) is 17.5 Å². The molecule has 6 heteroatoms. The molecule has 1 aromatic rings. The number of rotatable bonds is 7. The van der Waals surface area contributed by atoms with Crippen LogP contribution in [0.2, 0.25) is 5.02 Å². The maximum Gasteiger partial charge on any atom is 0.0834 e. The molecule has 3 N–H and O–H groups in total. The number of aromatic nitrogens is 2. The highest BCUT2D eigenvalue weighted by molar-refractivity contribution is 7.99. The summed E-state index contributed by atoms with van der Waals surface area (Å²) in [6.45, 7) is 3.02. The van der Waals surface area contributed by atoms with E-state index in [1.54, 1.807) is 6.20 Å². The Bertz CT molecular complexity index is 390. The monoisotopic (exact) mass is 302 g/mol. The Morgan fingerprint density at radius 1 is 1.58 bits per heavy atom. The van der Waals surface area contributed by atoms with Crippen LogP contribution in [-0.2, 0) is 6.54 Å². The minimum Gasteiger partial charge on any atom is -0.271 e. The number of aryl methyl sites for hydroxylation is 1. The van der Waals surface area contributed by atoms with E-state index >= 15 is 0 Å². The van der Waals surface area contributed by atoms with Crippen molar-refractivity contribution >= 4 is 23.4 Å². The van der Waals surface area contributed by atoms with Crippen molar-refractivity contribution in [3.05, 3.63) is 16.9 Å². The van der Waals surface area contributed by atoms with Gasteiger partial charge in [-0.3, -0.25) is 16.0 Å². The zero-order chi connectivity index (χ0) is 13.7. The van der Waals surface area contributed by atoms with Gasteiger partial charge in [-0.05, 0) is 19.3 Å². The van der Waals surface area contributed by atoms with Gasteiger partial charge in [-0.1, -0.05) is 31.4 Å². The molecule has 0 aliphatic heterocycles. The fourth-order valence-corrected chi connectivity index (χ4v) is 4.26. The molecular weight excluding hydrogens is 280 g/mol. The van der Waals surface area contributed by atoms with Crippen molar-refractivity contribution in [1.82, 2.24) is 15.2 Å². The highest BCUT2D eigenvalue weighted by Crippen LogP contribution is 2.33. The zero-order valence-corrected chi connectivity index (χ0v) is 13.0. The average Bonchev–Trinajstić information content (AvgIpc) is 3.03. The Morgan fingerprint density at radius 2 is 2.32 bits per heavy atom. The normalized spacial score (nSPS) is 18.1. The van der Waals surface area contributed by atoms with Crippen LogP contribution in [0.3, 0.4) is 0 Å². The minimum atomic E-state index is 0.0761. The molecule has 1 fully saturated rings. The Hall–Kier alpha value is -0.230. The minimum absolute atomic E-state index is 0.0761. The molecule has 1 saturated carbocycles. The number of halogens is 1. The summed E-state index contributed by atoms with van der Waals surface area (Å²) >= 11 is 8.27. The van der Waals surface area contributed by atoms with E-state index in [0.29, 0.717) is 5.02 Å². The number of hydrogen-bond acceptors (Lipinski definition) is 4. The molecule has 0 bridgehead atoms. The molecule has 108 valence electrons. The van der Waals surface area contributed by atoms with Crippen molar-refractivity contribution in [1.29, 1.82) is 0 Å². The van der Waals surface area contributed by atoms with Gasteiger partial charge in [0.05, 0.1) is 23.0 Å². The molecule has 1 atom stereocenters. The zero-order valence-electron chi connectivity index (χ0n) is 11.4. The molecule has 0 aromatic carbocycles. The standard InChI is InChI=1S/C13H23ClN4S/c1-2-7-18-13(11(14)8-16-18)12(17-15)9-19-10-5-3-4-6-10/h8,10,12,17H,2-7,9,15H2,1H3. The summed E-state index contributed by atoms with van der Waals surface area (Å²) in [5.41, 5.74) is 3.93. The smallest absolute Gasteiger partial charge is 0.0834 e. The molecule has 19 heavy (non-hydrogen) atoms. The number of hydrazine groups is 1. The van der Waals surface area contributed by atoms with Gasteiger partial charge in [0.25, 0.3) is 0 Å². The number of nitrogens with zero attached hydrogens (tertiary/aromatic N) is 2. The summed E-state index contributed by atoms with van der Waals surface area (Å²) in [4.78, 5) is 0. The number of hydrogen-bond donors (Lipinski definition) is 2. The quantitative estimate of drug-likeness (QED) is 0.600. The maximum atomic E-state index is 6.26. The topological polar surface area (TPSA) is 55.9 Å². The van der Waals surface area contributed by atoms with Gasteiger partial charge < -0.3 is 0 Å². The van der Waals surface area contributed by atoms with E-state index < -0.39 is 0 Å². The highest BCUT2D eigenvalue weighted by atomic mass is 35.5. The lowest BCUT2D eigenvalue weighted by Crippen LogP contribution is -2.32. The molecule has 1 unspecified atom stereocenters. The molecule has 4 nitrogen and oxygen atoms in total. The molecular formula is C13H23ClN4S. The number of nitrogens with one attached hydrogen (secondary N) is 1. The van der Waals surface area contributed by atoms with Crippen LogP contribution in [0.1, 0.15) is 50.8 Å². The van der Waals surface area contributed by atoms with Crippen molar-refractivity contribution in [2.45, 2.75) is 56.9 Å². The Kier molecular flexibility index (Phi) is 6.01. The molecule has 0 saturated heterocycles. The second-order valence-electron chi connectivity index (χ2n) is 5.06. The van der Waals surface area contributed by atoms with Crippen LogP contribution < -0.4 is 11.3 Å². The predicted molar refractivity (Wildman–Crippen MR) is 82.3 cm³/mol. The summed E-state index contributed by atoms with van der Waals surface area (Å²) in [6, 6.07) is 0.0761. The second-order valence-corrected chi connectivity index (χ2v) is 6.80. The Labute approximate surface area is 124 Å². The number of thioether (sulfide) groups is 1. The summed E-state index contributed by atoms with van der Waals surface area (Å²) in [5, 5.41) is 5.83. The van der Waals surface area contributed by atoms with Gasteiger partial charge in [-0.2, -0.15) is 16.9 Å². The van der Waals surface area contributed by atoms with Crippen LogP contribution >= 0.6 is 23.4 Å². The first kappa shape index (κ1) is 15.2. The van der Waals surface area contributed by atoms with Crippen LogP contribution in [-0.4, -0.2) is 20.8 Å². The molecule has 0 spiro atoms. The first-order valence-electron chi connectivity index (χ1n) is 7.05. The molecule has 1 aliphatic carbocycles. The SMILES string of the molecule is CCCn1ncc(Cl)c1C(CSC1CCCC1)NN. The lowest BCUT2D eigenvalue weighted by atomic mass is 10.2. The van der Waals surface area contributed by atoms with Gasteiger partial charge in [-0.25, -0.2) is 0 Å². The van der Waals surface area contributed by atoms with Crippen molar-refractivity contribution in [3.63, 3.8) is 0 Å². The van der Waals surface area contributed by atoms with E-state index in [-0.39, 0.29) is 6.04 Å². The van der Waals surface area contributed by atoms with Crippen molar-refractivity contribution in [2.75, 3.05) is 5.75 Å². The molecule has 1 aliphatic rings. The van der Waals surface area contributed by atoms with Crippen molar-refractivity contribution in [3.8, 4) is 0 Å². The van der Waals surface area contributed by atoms with E-state index in [4.69, 9.17) is 17.4 Å². The molecule has 1 aromatic heterocycles. The van der Waals surface area contributed by atoms with E-state index in [1.165, 1.54) is 25.7 Å². The fourth-order valence-electron chi connectivity index (χ4n) is 2.60. The van der Waals surface area contributed by atoms with E-state index in [9.17, 15) is 0 Å². The third-order valence-corrected chi connectivity index (χ3v) is 5.36. The Morgan fingerprint density at radius 3 is 2.95 bits per heavy atom. The Balaban J connectivity index is 2.01.